The zero-order valence-electron chi connectivity index (χ0n) is 9.03. The van der Waals surface area contributed by atoms with Crippen LogP contribution in [0.1, 0.15) is 13.3 Å². The fourth-order valence-electron chi connectivity index (χ4n) is 1.17. The van der Waals surface area contributed by atoms with Gasteiger partial charge >= 0.3 is 0 Å². The van der Waals surface area contributed by atoms with Crippen molar-refractivity contribution in [1.82, 2.24) is 9.97 Å². The first-order chi connectivity index (χ1) is 7.51. The molecule has 16 heavy (non-hydrogen) atoms. The highest BCUT2D eigenvalue weighted by Gasteiger charge is 2.08. The first-order valence-corrected chi connectivity index (χ1v) is 6.25. The minimum Gasteiger partial charge on any atom is -0.370 e. The number of primary amides is 1. The summed E-state index contributed by atoms with van der Waals surface area (Å²) in [4.78, 5) is 18.9. The van der Waals surface area contributed by atoms with Crippen LogP contribution in [0.3, 0.4) is 0 Å². The molecular formula is C9H13ClN4OS. The molecular weight excluding hydrogens is 248 g/mol. The Morgan fingerprint density at radius 3 is 2.94 bits per heavy atom. The Kier molecular flexibility index (Phi) is 4.82. The van der Waals surface area contributed by atoms with Crippen LogP contribution in [0.25, 0.3) is 0 Å². The van der Waals surface area contributed by atoms with Crippen molar-refractivity contribution >= 4 is 35.1 Å². The van der Waals surface area contributed by atoms with Gasteiger partial charge in [-0.3, -0.25) is 4.79 Å². The van der Waals surface area contributed by atoms with Crippen molar-refractivity contribution < 1.29 is 4.79 Å². The third kappa shape index (κ3) is 4.24. The molecule has 5 nitrogen and oxygen atoms in total. The summed E-state index contributed by atoms with van der Waals surface area (Å²) in [5, 5.41) is 3.99. The van der Waals surface area contributed by atoms with E-state index in [-0.39, 0.29) is 18.4 Å². The largest absolute Gasteiger partial charge is 0.370 e. The Balaban J connectivity index is 2.72. The van der Waals surface area contributed by atoms with Gasteiger partial charge in [0.15, 0.2) is 5.16 Å². The molecule has 1 rings (SSSR count). The van der Waals surface area contributed by atoms with Crippen LogP contribution in [0.4, 0.5) is 5.82 Å². The van der Waals surface area contributed by atoms with Crippen LogP contribution in [0, 0.1) is 0 Å². The van der Waals surface area contributed by atoms with E-state index in [0.29, 0.717) is 16.1 Å². The number of hydrogen-bond donors (Lipinski definition) is 2. The maximum Gasteiger partial charge on any atom is 0.219 e. The van der Waals surface area contributed by atoms with Crippen molar-refractivity contribution in [3.05, 3.63) is 11.2 Å². The van der Waals surface area contributed by atoms with Gasteiger partial charge in [-0.1, -0.05) is 23.4 Å². The van der Waals surface area contributed by atoms with E-state index < -0.39 is 0 Å². The highest BCUT2D eigenvalue weighted by Crippen LogP contribution is 2.17. The molecule has 0 aromatic carbocycles. The minimum absolute atomic E-state index is 0.0850. The minimum atomic E-state index is -0.356. The van der Waals surface area contributed by atoms with E-state index in [1.54, 1.807) is 6.07 Å². The van der Waals surface area contributed by atoms with Crippen LogP contribution >= 0.6 is 23.4 Å². The number of aromatic nitrogens is 2. The molecule has 1 aromatic heterocycles. The van der Waals surface area contributed by atoms with Crippen molar-refractivity contribution in [2.24, 2.45) is 5.73 Å². The molecule has 0 aliphatic carbocycles. The van der Waals surface area contributed by atoms with E-state index in [1.807, 2.05) is 13.2 Å². The topological polar surface area (TPSA) is 80.9 Å². The van der Waals surface area contributed by atoms with Gasteiger partial charge in [-0.25, -0.2) is 9.97 Å². The first kappa shape index (κ1) is 13.1. The molecule has 0 aliphatic heterocycles. The van der Waals surface area contributed by atoms with Crippen molar-refractivity contribution in [3.63, 3.8) is 0 Å². The summed E-state index contributed by atoms with van der Waals surface area (Å²) in [5.74, 6) is 0.239. The maximum absolute atomic E-state index is 10.7. The van der Waals surface area contributed by atoms with Crippen LogP contribution in [0.2, 0.25) is 5.15 Å². The summed E-state index contributed by atoms with van der Waals surface area (Å²) in [6, 6.07) is 1.52. The summed E-state index contributed by atoms with van der Waals surface area (Å²) in [6.45, 7) is 1.85. The quantitative estimate of drug-likeness (QED) is 0.477. The lowest BCUT2D eigenvalue weighted by molar-refractivity contribution is -0.118. The van der Waals surface area contributed by atoms with Crippen LogP contribution in [-0.4, -0.2) is 28.2 Å². The Labute approximate surface area is 103 Å². The fourth-order valence-corrected chi connectivity index (χ4v) is 1.78. The molecule has 1 aromatic rings. The normalized spacial score (nSPS) is 12.2. The smallest absolute Gasteiger partial charge is 0.219 e. The lowest BCUT2D eigenvalue weighted by atomic mass is 10.2. The number of nitrogens with two attached hydrogens (primary N) is 1. The maximum atomic E-state index is 10.7. The fraction of sp³-hybridized carbons (Fsp3) is 0.444. The van der Waals surface area contributed by atoms with E-state index in [1.165, 1.54) is 11.8 Å². The van der Waals surface area contributed by atoms with E-state index in [0.717, 1.165) is 0 Å². The molecule has 7 heteroatoms. The van der Waals surface area contributed by atoms with Gasteiger partial charge < -0.3 is 11.1 Å². The number of carbonyl (C=O) groups excluding carboxylic acids is 1. The average molecular weight is 261 g/mol. The lowest BCUT2D eigenvalue weighted by Gasteiger charge is -2.12. The number of anilines is 1. The Hall–Kier alpha value is -1.01. The second-order valence-corrected chi connectivity index (χ2v) is 4.44. The Morgan fingerprint density at radius 1 is 1.69 bits per heavy atom. The number of amides is 1. The molecule has 0 spiro atoms. The monoisotopic (exact) mass is 260 g/mol. The van der Waals surface area contributed by atoms with Gasteiger partial charge in [-0.2, -0.15) is 0 Å². The molecule has 0 radical (unpaired) electrons. The van der Waals surface area contributed by atoms with Crippen LogP contribution in [0.5, 0.6) is 0 Å². The summed E-state index contributed by atoms with van der Waals surface area (Å²) >= 11 is 7.22. The second-order valence-electron chi connectivity index (χ2n) is 3.28. The Bertz CT molecular complexity index is 388. The van der Waals surface area contributed by atoms with Gasteiger partial charge in [0.25, 0.3) is 0 Å². The first-order valence-electron chi connectivity index (χ1n) is 4.64. The van der Waals surface area contributed by atoms with Gasteiger partial charge in [0, 0.05) is 18.5 Å². The number of hydrogen-bond acceptors (Lipinski definition) is 5. The van der Waals surface area contributed by atoms with Gasteiger partial charge in [0.1, 0.15) is 11.0 Å². The van der Waals surface area contributed by atoms with Crippen molar-refractivity contribution in [1.29, 1.82) is 0 Å². The number of carbonyl (C=O) groups is 1. The Morgan fingerprint density at radius 2 is 2.38 bits per heavy atom. The lowest BCUT2D eigenvalue weighted by Crippen LogP contribution is -2.24. The molecule has 0 fully saturated rings. The predicted molar refractivity (Wildman–Crippen MR) is 65.7 cm³/mol. The number of thioether (sulfide) groups is 1. The summed E-state index contributed by atoms with van der Waals surface area (Å²) in [7, 11) is 0. The average Bonchev–Trinajstić information content (AvgIpc) is 2.14. The second kappa shape index (κ2) is 5.91. The highest BCUT2D eigenvalue weighted by atomic mass is 35.5. The van der Waals surface area contributed by atoms with Gasteiger partial charge in [-0.15, -0.1) is 0 Å². The van der Waals surface area contributed by atoms with Crippen LogP contribution in [-0.2, 0) is 4.79 Å². The number of rotatable bonds is 5. The number of nitrogens with one attached hydrogen (secondary N) is 1. The zero-order chi connectivity index (χ0) is 12.1. The van der Waals surface area contributed by atoms with Crippen molar-refractivity contribution in [3.8, 4) is 0 Å². The standard InChI is InChI=1S/C9H13ClN4OS/c1-5(3-7(11)15)12-8-4-6(10)13-9(14-8)16-2/h4-5H,3H2,1-2H3,(H2,11,15)(H,12,13,14). The predicted octanol–water partition coefficient (Wildman–Crippen LogP) is 1.53. The molecule has 1 heterocycles. The molecule has 0 saturated heterocycles. The van der Waals surface area contributed by atoms with Gasteiger partial charge in [0.05, 0.1) is 0 Å². The zero-order valence-corrected chi connectivity index (χ0v) is 10.6. The SMILES string of the molecule is CSc1nc(Cl)cc(NC(C)CC(N)=O)n1. The van der Waals surface area contributed by atoms with Crippen molar-refractivity contribution in [2.75, 3.05) is 11.6 Å². The molecule has 1 atom stereocenters. The third-order valence-corrected chi connectivity index (χ3v) is 2.50. The molecule has 1 unspecified atom stereocenters. The molecule has 1 amide bonds. The number of halogens is 1. The molecule has 88 valence electrons. The van der Waals surface area contributed by atoms with Gasteiger partial charge in [0.2, 0.25) is 5.91 Å². The van der Waals surface area contributed by atoms with E-state index >= 15 is 0 Å². The summed E-state index contributed by atoms with van der Waals surface area (Å²) < 4.78 is 0. The van der Waals surface area contributed by atoms with Crippen LogP contribution < -0.4 is 11.1 Å². The van der Waals surface area contributed by atoms with E-state index in [9.17, 15) is 4.79 Å². The van der Waals surface area contributed by atoms with E-state index in [2.05, 4.69) is 15.3 Å². The van der Waals surface area contributed by atoms with Gasteiger partial charge in [-0.05, 0) is 13.2 Å². The third-order valence-electron chi connectivity index (χ3n) is 1.76. The molecule has 0 bridgehead atoms. The molecule has 0 aliphatic rings. The summed E-state index contributed by atoms with van der Waals surface area (Å²) in [6.07, 6.45) is 2.11. The molecule has 0 saturated carbocycles. The number of nitrogens with zero attached hydrogens (tertiary/aromatic N) is 2. The molecule has 3 N–H and O–H groups in total. The van der Waals surface area contributed by atoms with E-state index in [4.69, 9.17) is 17.3 Å². The summed E-state index contributed by atoms with van der Waals surface area (Å²) in [5.41, 5.74) is 5.09. The van der Waals surface area contributed by atoms with Crippen LogP contribution in [0.15, 0.2) is 11.2 Å². The van der Waals surface area contributed by atoms with Crippen molar-refractivity contribution in [2.45, 2.75) is 24.5 Å². The highest BCUT2D eigenvalue weighted by molar-refractivity contribution is 7.98.